The Morgan fingerprint density at radius 2 is 1.94 bits per heavy atom. The first-order valence-electron chi connectivity index (χ1n) is 4.87. The zero-order valence-corrected chi connectivity index (χ0v) is 11.4. The number of anilines is 1. The molecule has 1 N–H and O–H groups in total. The predicted octanol–water partition coefficient (Wildman–Crippen LogP) is 2.78. The maximum atomic E-state index is 13.3. The zero-order chi connectivity index (χ0) is 13.2. The minimum absolute atomic E-state index is 0.0428. The highest BCUT2D eigenvalue weighted by atomic mass is 79.9. The molecule has 2 aromatic rings. The number of pyridine rings is 1. The lowest BCUT2D eigenvalue weighted by atomic mass is 10.4. The van der Waals surface area contributed by atoms with Crippen molar-refractivity contribution in [3.05, 3.63) is 53.0 Å². The van der Waals surface area contributed by atoms with E-state index in [-0.39, 0.29) is 10.6 Å². The number of hydrogen-bond acceptors (Lipinski definition) is 3. The van der Waals surface area contributed by atoms with Crippen LogP contribution >= 0.6 is 15.9 Å². The standard InChI is InChI=1S/C11H8BrFN2O2S/c12-8-3-1-2-4-11(8)18(16,17)15-10-5-6-14-7-9(10)13/h1-7H,(H,14,15). The fraction of sp³-hybridized carbons (Fsp3) is 0. The topological polar surface area (TPSA) is 59.1 Å². The Morgan fingerprint density at radius 1 is 1.22 bits per heavy atom. The van der Waals surface area contributed by atoms with E-state index in [2.05, 4.69) is 25.6 Å². The first kappa shape index (κ1) is 13.0. The van der Waals surface area contributed by atoms with Gasteiger partial charge in [-0.1, -0.05) is 12.1 Å². The van der Waals surface area contributed by atoms with Gasteiger partial charge >= 0.3 is 0 Å². The number of aromatic nitrogens is 1. The van der Waals surface area contributed by atoms with Gasteiger partial charge in [0.25, 0.3) is 10.0 Å². The van der Waals surface area contributed by atoms with Gasteiger partial charge in [0, 0.05) is 10.7 Å². The third kappa shape index (κ3) is 2.68. The average Bonchev–Trinajstić information content (AvgIpc) is 2.32. The molecule has 0 fully saturated rings. The van der Waals surface area contributed by atoms with E-state index in [1.165, 1.54) is 18.3 Å². The van der Waals surface area contributed by atoms with Gasteiger partial charge in [-0.3, -0.25) is 9.71 Å². The van der Waals surface area contributed by atoms with E-state index in [0.29, 0.717) is 4.47 Å². The Balaban J connectivity index is 2.40. The van der Waals surface area contributed by atoms with Crippen LogP contribution in [0.2, 0.25) is 0 Å². The molecule has 0 amide bonds. The van der Waals surface area contributed by atoms with Crippen molar-refractivity contribution in [2.75, 3.05) is 4.72 Å². The van der Waals surface area contributed by atoms with Crippen LogP contribution in [0.15, 0.2) is 52.1 Å². The first-order valence-corrected chi connectivity index (χ1v) is 7.15. The van der Waals surface area contributed by atoms with E-state index in [4.69, 9.17) is 0 Å². The number of halogens is 2. The molecule has 0 aliphatic rings. The third-order valence-electron chi connectivity index (χ3n) is 2.14. The van der Waals surface area contributed by atoms with E-state index in [1.54, 1.807) is 18.2 Å². The van der Waals surface area contributed by atoms with Gasteiger partial charge in [0.05, 0.1) is 11.9 Å². The molecule has 1 aromatic carbocycles. The number of nitrogens with one attached hydrogen (secondary N) is 1. The monoisotopic (exact) mass is 330 g/mol. The quantitative estimate of drug-likeness (QED) is 0.941. The van der Waals surface area contributed by atoms with E-state index in [0.717, 1.165) is 6.20 Å². The van der Waals surface area contributed by atoms with Crippen LogP contribution in [0.1, 0.15) is 0 Å². The Morgan fingerprint density at radius 3 is 2.61 bits per heavy atom. The minimum Gasteiger partial charge on any atom is -0.277 e. The predicted molar refractivity (Wildman–Crippen MR) is 69.1 cm³/mol. The molecular weight excluding hydrogens is 323 g/mol. The molecule has 0 saturated heterocycles. The average molecular weight is 331 g/mol. The van der Waals surface area contributed by atoms with Crippen molar-refractivity contribution in [2.45, 2.75) is 4.90 Å². The highest BCUT2D eigenvalue weighted by Crippen LogP contribution is 2.24. The van der Waals surface area contributed by atoms with Crippen LogP contribution < -0.4 is 4.72 Å². The fourth-order valence-corrected chi connectivity index (χ4v) is 3.39. The van der Waals surface area contributed by atoms with Gasteiger partial charge in [-0.2, -0.15) is 0 Å². The second-order valence-corrected chi connectivity index (χ2v) is 5.90. The molecule has 1 aromatic heterocycles. The van der Waals surface area contributed by atoms with E-state index in [1.807, 2.05) is 0 Å². The maximum Gasteiger partial charge on any atom is 0.263 e. The number of hydrogen-bond donors (Lipinski definition) is 1. The van der Waals surface area contributed by atoms with Crippen LogP contribution in [0.3, 0.4) is 0 Å². The van der Waals surface area contributed by atoms with Crippen LogP contribution in [0, 0.1) is 5.82 Å². The van der Waals surface area contributed by atoms with Gasteiger partial charge in [-0.05, 0) is 34.1 Å². The van der Waals surface area contributed by atoms with E-state index >= 15 is 0 Å². The normalized spacial score (nSPS) is 11.2. The van der Waals surface area contributed by atoms with Crippen molar-refractivity contribution in [1.82, 2.24) is 4.98 Å². The SMILES string of the molecule is O=S(=O)(Nc1ccncc1F)c1ccccc1Br. The van der Waals surface area contributed by atoms with Crippen LogP contribution in [0.5, 0.6) is 0 Å². The zero-order valence-electron chi connectivity index (χ0n) is 8.97. The van der Waals surface area contributed by atoms with Crippen molar-refractivity contribution < 1.29 is 12.8 Å². The molecule has 1 heterocycles. The smallest absolute Gasteiger partial charge is 0.263 e. The Kier molecular flexibility index (Phi) is 3.63. The lowest BCUT2D eigenvalue weighted by Gasteiger charge is -2.09. The van der Waals surface area contributed by atoms with Gasteiger partial charge < -0.3 is 0 Å². The molecule has 94 valence electrons. The molecule has 0 spiro atoms. The molecule has 0 atom stereocenters. The lowest BCUT2D eigenvalue weighted by molar-refractivity contribution is 0.597. The summed E-state index contributed by atoms with van der Waals surface area (Å²) in [5.74, 6) is -0.729. The van der Waals surface area contributed by atoms with Gasteiger partial charge in [0.2, 0.25) is 0 Å². The number of benzene rings is 1. The second kappa shape index (κ2) is 5.03. The molecule has 2 rings (SSSR count). The minimum atomic E-state index is -3.83. The molecule has 0 aliphatic carbocycles. The van der Waals surface area contributed by atoms with Crippen molar-refractivity contribution in [2.24, 2.45) is 0 Å². The second-order valence-electron chi connectivity index (χ2n) is 3.39. The van der Waals surface area contributed by atoms with Crippen molar-refractivity contribution in [3.63, 3.8) is 0 Å². The highest BCUT2D eigenvalue weighted by molar-refractivity contribution is 9.10. The fourth-order valence-electron chi connectivity index (χ4n) is 1.32. The Bertz CT molecular complexity index is 676. The number of sulfonamides is 1. The van der Waals surface area contributed by atoms with Crippen molar-refractivity contribution in [3.8, 4) is 0 Å². The summed E-state index contributed by atoms with van der Waals surface area (Å²) in [7, 11) is -3.83. The van der Waals surface area contributed by atoms with Crippen molar-refractivity contribution in [1.29, 1.82) is 0 Å². The summed E-state index contributed by atoms with van der Waals surface area (Å²) < 4.78 is 40.0. The summed E-state index contributed by atoms with van der Waals surface area (Å²) in [6.45, 7) is 0. The Labute approximate surface area is 112 Å². The summed E-state index contributed by atoms with van der Waals surface area (Å²) in [6, 6.07) is 7.55. The van der Waals surface area contributed by atoms with Gasteiger partial charge in [0.1, 0.15) is 4.90 Å². The van der Waals surface area contributed by atoms with Gasteiger partial charge in [-0.25, -0.2) is 12.8 Å². The lowest BCUT2D eigenvalue weighted by Crippen LogP contribution is -2.14. The molecular formula is C11H8BrFN2O2S. The molecule has 0 bridgehead atoms. The summed E-state index contributed by atoms with van der Waals surface area (Å²) in [5.41, 5.74) is -0.138. The van der Waals surface area contributed by atoms with Crippen LogP contribution in [-0.2, 0) is 10.0 Å². The molecule has 0 unspecified atom stereocenters. The summed E-state index contributed by atoms with van der Waals surface area (Å²) in [6.07, 6.45) is 2.25. The van der Waals surface area contributed by atoms with Crippen LogP contribution in [-0.4, -0.2) is 13.4 Å². The Hall–Kier alpha value is -1.47. The molecule has 4 nitrogen and oxygen atoms in total. The number of nitrogens with zero attached hydrogens (tertiary/aromatic N) is 1. The van der Waals surface area contributed by atoms with Crippen LogP contribution in [0.25, 0.3) is 0 Å². The van der Waals surface area contributed by atoms with Crippen molar-refractivity contribution >= 4 is 31.6 Å². The van der Waals surface area contributed by atoms with Gasteiger partial charge in [-0.15, -0.1) is 0 Å². The van der Waals surface area contributed by atoms with E-state index < -0.39 is 15.8 Å². The molecule has 0 aliphatic heterocycles. The molecule has 0 radical (unpaired) electrons. The first-order chi connectivity index (χ1) is 8.50. The molecule has 0 saturated carbocycles. The van der Waals surface area contributed by atoms with Gasteiger partial charge in [0.15, 0.2) is 5.82 Å². The summed E-state index contributed by atoms with van der Waals surface area (Å²) in [5, 5.41) is 0. The third-order valence-corrected chi connectivity index (χ3v) is 4.52. The summed E-state index contributed by atoms with van der Waals surface area (Å²) in [4.78, 5) is 3.59. The van der Waals surface area contributed by atoms with E-state index in [9.17, 15) is 12.8 Å². The highest BCUT2D eigenvalue weighted by Gasteiger charge is 2.18. The molecule has 7 heteroatoms. The largest absolute Gasteiger partial charge is 0.277 e. The van der Waals surface area contributed by atoms with Crippen LogP contribution in [0.4, 0.5) is 10.1 Å². The molecule has 18 heavy (non-hydrogen) atoms. The number of rotatable bonds is 3. The summed E-state index contributed by atoms with van der Waals surface area (Å²) >= 11 is 3.14. The maximum absolute atomic E-state index is 13.3.